The molecular formula is C11H15N3O2. The molecule has 1 aromatic heterocycles. The fourth-order valence-electron chi connectivity index (χ4n) is 1.71. The molecule has 1 aliphatic heterocycles. The Labute approximate surface area is 94.2 Å². The summed E-state index contributed by atoms with van der Waals surface area (Å²) in [5.41, 5.74) is 6.52. The van der Waals surface area contributed by atoms with E-state index in [1.165, 1.54) is 6.20 Å². The van der Waals surface area contributed by atoms with Crippen LogP contribution in [0, 0.1) is 0 Å². The maximum absolute atomic E-state index is 12.1. The van der Waals surface area contributed by atoms with Crippen LogP contribution in [0.15, 0.2) is 18.3 Å². The summed E-state index contributed by atoms with van der Waals surface area (Å²) >= 11 is 0. The lowest BCUT2D eigenvalue weighted by atomic mass is 10.2. The van der Waals surface area contributed by atoms with Crippen LogP contribution in [0.2, 0.25) is 0 Å². The second kappa shape index (κ2) is 4.49. The number of hydrogen-bond acceptors (Lipinski definition) is 4. The molecule has 0 aliphatic carbocycles. The van der Waals surface area contributed by atoms with Crippen LogP contribution in [-0.4, -0.2) is 41.6 Å². The molecule has 1 unspecified atom stereocenters. The Morgan fingerprint density at radius 1 is 1.62 bits per heavy atom. The number of nitrogens with zero attached hydrogens (tertiary/aromatic N) is 2. The molecule has 5 heteroatoms. The van der Waals surface area contributed by atoms with Gasteiger partial charge in [-0.2, -0.15) is 0 Å². The van der Waals surface area contributed by atoms with Gasteiger partial charge < -0.3 is 15.4 Å². The number of aromatic nitrogens is 1. The summed E-state index contributed by atoms with van der Waals surface area (Å²) in [5, 5.41) is 0. The predicted molar refractivity (Wildman–Crippen MR) is 60.0 cm³/mol. The van der Waals surface area contributed by atoms with Gasteiger partial charge in [-0.3, -0.25) is 4.79 Å². The highest BCUT2D eigenvalue weighted by atomic mass is 16.5. The minimum Gasteiger partial charge on any atom is -0.397 e. The van der Waals surface area contributed by atoms with Gasteiger partial charge >= 0.3 is 0 Å². The van der Waals surface area contributed by atoms with E-state index in [2.05, 4.69) is 4.98 Å². The number of ether oxygens (including phenoxy) is 1. The number of carbonyl (C=O) groups is 1. The Hall–Kier alpha value is -1.62. The standard InChI is InChI=1S/C11H15N3O2/c1-8-7-16-5-4-14(8)11(15)10-3-2-9(12)6-13-10/h2-3,6,8H,4-5,7,12H2,1H3. The normalized spacial score (nSPS) is 20.8. The van der Waals surface area contributed by atoms with E-state index < -0.39 is 0 Å². The molecule has 16 heavy (non-hydrogen) atoms. The third kappa shape index (κ3) is 2.14. The van der Waals surface area contributed by atoms with E-state index >= 15 is 0 Å². The van der Waals surface area contributed by atoms with E-state index in [1.54, 1.807) is 17.0 Å². The van der Waals surface area contributed by atoms with Crippen molar-refractivity contribution in [3.63, 3.8) is 0 Å². The fraction of sp³-hybridized carbons (Fsp3) is 0.455. The van der Waals surface area contributed by atoms with Gasteiger partial charge in [-0.1, -0.05) is 0 Å². The van der Waals surface area contributed by atoms with Gasteiger partial charge in [-0.15, -0.1) is 0 Å². The molecule has 1 atom stereocenters. The lowest BCUT2D eigenvalue weighted by molar-refractivity contribution is 0.00327. The third-order valence-electron chi connectivity index (χ3n) is 2.63. The highest BCUT2D eigenvalue weighted by Crippen LogP contribution is 2.11. The molecule has 0 spiro atoms. The van der Waals surface area contributed by atoms with Gasteiger partial charge in [0, 0.05) is 6.54 Å². The molecule has 1 saturated heterocycles. The largest absolute Gasteiger partial charge is 0.397 e. The van der Waals surface area contributed by atoms with Gasteiger partial charge in [-0.05, 0) is 19.1 Å². The summed E-state index contributed by atoms with van der Waals surface area (Å²) in [5.74, 6) is -0.0594. The number of nitrogen functional groups attached to an aromatic ring is 1. The van der Waals surface area contributed by atoms with E-state index in [1.807, 2.05) is 6.92 Å². The van der Waals surface area contributed by atoms with Gasteiger partial charge in [-0.25, -0.2) is 4.98 Å². The van der Waals surface area contributed by atoms with Gasteiger partial charge in [0.05, 0.1) is 31.1 Å². The Morgan fingerprint density at radius 2 is 2.44 bits per heavy atom. The van der Waals surface area contributed by atoms with Gasteiger partial charge in [0.1, 0.15) is 5.69 Å². The van der Waals surface area contributed by atoms with Crippen LogP contribution in [0.5, 0.6) is 0 Å². The highest BCUT2D eigenvalue weighted by molar-refractivity contribution is 5.92. The second-order valence-electron chi connectivity index (χ2n) is 3.90. The van der Waals surface area contributed by atoms with Crippen LogP contribution in [0.25, 0.3) is 0 Å². The summed E-state index contributed by atoms with van der Waals surface area (Å²) in [7, 11) is 0. The number of nitrogens with two attached hydrogens (primary N) is 1. The molecule has 2 rings (SSSR count). The van der Waals surface area contributed by atoms with Gasteiger partial charge in [0.25, 0.3) is 5.91 Å². The maximum Gasteiger partial charge on any atom is 0.272 e. The number of pyridine rings is 1. The zero-order valence-corrected chi connectivity index (χ0v) is 9.22. The SMILES string of the molecule is CC1COCCN1C(=O)c1ccc(N)cn1. The molecular weight excluding hydrogens is 206 g/mol. The zero-order chi connectivity index (χ0) is 11.5. The Kier molecular flexibility index (Phi) is 3.05. The average Bonchev–Trinajstić information content (AvgIpc) is 2.30. The second-order valence-corrected chi connectivity index (χ2v) is 3.90. The van der Waals surface area contributed by atoms with Crippen molar-refractivity contribution in [3.05, 3.63) is 24.0 Å². The third-order valence-corrected chi connectivity index (χ3v) is 2.63. The monoisotopic (exact) mass is 221 g/mol. The van der Waals surface area contributed by atoms with Gasteiger partial charge in [0.15, 0.2) is 0 Å². The minimum atomic E-state index is -0.0594. The first-order valence-corrected chi connectivity index (χ1v) is 5.28. The van der Waals surface area contributed by atoms with Crippen molar-refractivity contribution in [1.29, 1.82) is 0 Å². The van der Waals surface area contributed by atoms with E-state index in [-0.39, 0.29) is 11.9 Å². The number of amides is 1. The molecule has 0 bridgehead atoms. The first-order valence-electron chi connectivity index (χ1n) is 5.28. The van der Waals surface area contributed by atoms with E-state index in [0.717, 1.165) is 0 Å². The van der Waals surface area contributed by atoms with Gasteiger partial charge in [0.2, 0.25) is 0 Å². The smallest absolute Gasteiger partial charge is 0.272 e. The number of carbonyl (C=O) groups excluding carboxylic acids is 1. The lowest BCUT2D eigenvalue weighted by Gasteiger charge is -2.33. The number of morpholine rings is 1. The number of rotatable bonds is 1. The summed E-state index contributed by atoms with van der Waals surface area (Å²) in [6, 6.07) is 3.44. The molecule has 2 heterocycles. The molecule has 1 amide bonds. The lowest BCUT2D eigenvalue weighted by Crippen LogP contribution is -2.47. The molecule has 0 radical (unpaired) electrons. The van der Waals surface area contributed by atoms with E-state index in [4.69, 9.17) is 10.5 Å². The first-order chi connectivity index (χ1) is 7.68. The van der Waals surface area contributed by atoms with Crippen LogP contribution >= 0.6 is 0 Å². The van der Waals surface area contributed by atoms with Crippen LogP contribution in [0.3, 0.4) is 0 Å². The van der Waals surface area contributed by atoms with E-state index in [0.29, 0.717) is 31.1 Å². The van der Waals surface area contributed by atoms with Crippen molar-refractivity contribution in [2.75, 3.05) is 25.5 Å². The Morgan fingerprint density at radius 3 is 3.06 bits per heavy atom. The first kappa shape index (κ1) is 10.9. The summed E-state index contributed by atoms with van der Waals surface area (Å²) in [4.78, 5) is 17.9. The predicted octanol–water partition coefficient (Wildman–Crippen LogP) is 0.525. The van der Waals surface area contributed by atoms with Crippen molar-refractivity contribution >= 4 is 11.6 Å². The van der Waals surface area contributed by atoms with Crippen molar-refractivity contribution in [2.24, 2.45) is 0 Å². The number of hydrogen-bond donors (Lipinski definition) is 1. The van der Waals surface area contributed by atoms with Crippen LogP contribution in [-0.2, 0) is 4.74 Å². The van der Waals surface area contributed by atoms with Crippen molar-refractivity contribution in [3.8, 4) is 0 Å². The maximum atomic E-state index is 12.1. The average molecular weight is 221 g/mol. The molecule has 1 aliphatic rings. The quantitative estimate of drug-likeness (QED) is 0.750. The fourth-order valence-corrected chi connectivity index (χ4v) is 1.71. The van der Waals surface area contributed by atoms with Crippen molar-refractivity contribution in [1.82, 2.24) is 9.88 Å². The summed E-state index contributed by atoms with van der Waals surface area (Å²) in [6.45, 7) is 3.76. The molecule has 0 saturated carbocycles. The Bertz CT molecular complexity index is 377. The van der Waals surface area contributed by atoms with Crippen LogP contribution in [0.4, 0.5) is 5.69 Å². The topological polar surface area (TPSA) is 68.5 Å². The molecule has 2 N–H and O–H groups in total. The summed E-state index contributed by atoms with van der Waals surface area (Å²) in [6.07, 6.45) is 1.50. The van der Waals surface area contributed by atoms with Crippen molar-refractivity contribution in [2.45, 2.75) is 13.0 Å². The molecule has 1 aromatic rings. The van der Waals surface area contributed by atoms with Crippen LogP contribution in [0.1, 0.15) is 17.4 Å². The molecule has 0 aromatic carbocycles. The Balaban J connectivity index is 2.14. The minimum absolute atomic E-state index is 0.0594. The molecule has 1 fully saturated rings. The number of anilines is 1. The molecule has 86 valence electrons. The van der Waals surface area contributed by atoms with E-state index in [9.17, 15) is 4.79 Å². The van der Waals surface area contributed by atoms with Crippen molar-refractivity contribution < 1.29 is 9.53 Å². The van der Waals surface area contributed by atoms with Crippen LogP contribution < -0.4 is 5.73 Å². The zero-order valence-electron chi connectivity index (χ0n) is 9.22. The molecule has 5 nitrogen and oxygen atoms in total. The summed E-state index contributed by atoms with van der Waals surface area (Å²) < 4.78 is 5.28. The highest BCUT2D eigenvalue weighted by Gasteiger charge is 2.25.